The van der Waals surface area contributed by atoms with Gasteiger partial charge in [0, 0.05) is 19.1 Å². The van der Waals surface area contributed by atoms with Crippen molar-refractivity contribution < 1.29 is 14.4 Å². The second kappa shape index (κ2) is 7.66. The van der Waals surface area contributed by atoms with E-state index < -0.39 is 0 Å². The predicted octanol–water partition coefficient (Wildman–Crippen LogP) is 1.63. The lowest BCUT2D eigenvalue weighted by Gasteiger charge is -2.20. The third kappa shape index (κ3) is 3.55. The van der Waals surface area contributed by atoms with Crippen molar-refractivity contribution in [2.45, 2.75) is 26.2 Å². The zero-order valence-corrected chi connectivity index (χ0v) is 15.0. The fraction of sp³-hybridized carbons (Fsp3) is 0.647. The molecule has 0 amide bonds. The monoisotopic (exact) mass is 336 g/mol. The van der Waals surface area contributed by atoms with Gasteiger partial charge in [0.05, 0.1) is 18.6 Å². The van der Waals surface area contributed by atoms with Gasteiger partial charge in [-0.15, -0.1) is 11.3 Å². The van der Waals surface area contributed by atoms with Gasteiger partial charge < -0.3 is 9.47 Å². The Hall–Kier alpha value is -1.08. The maximum Gasteiger partial charge on any atom is 0.238 e. The molecule has 0 saturated heterocycles. The van der Waals surface area contributed by atoms with Crippen molar-refractivity contribution in [3.05, 3.63) is 16.8 Å². The molecule has 6 heteroatoms. The van der Waals surface area contributed by atoms with E-state index in [0.717, 1.165) is 36.1 Å². The lowest BCUT2D eigenvalue weighted by Crippen LogP contribution is -3.08. The molecule has 2 aromatic rings. The average Bonchev–Trinajstić information content (AvgIpc) is 2.92. The highest BCUT2D eigenvalue weighted by atomic mass is 32.1. The van der Waals surface area contributed by atoms with Crippen molar-refractivity contribution in [3.63, 3.8) is 0 Å². The van der Waals surface area contributed by atoms with E-state index in [9.17, 15) is 0 Å². The van der Waals surface area contributed by atoms with Crippen LogP contribution in [-0.2, 0) is 22.3 Å². The molecule has 23 heavy (non-hydrogen) atoms. The number of nitrogens with one attached hydrogen (secondary N) is 1. The number of methoxy groups -OCH3 is 2. The standard InChI is InChI=1S/C17H25N3O2S/c1-12-4-5-13-14(10-12)23-17-15(13)16(18-11-19-17)20(6-8-21-2)7-9-22-3/h11-12H,4-10H2,1-3H3/p+1. The van der Waals surface area contributed by atoms with E-state index in [0.29, 0.717) is 13.2 Å². The van der Waals surface area contributed by atoms with Crippen LogP contribution in [0, 0.1) is 5.92 Å². The Morgan fingerprint density at radius 1 is 1.22 bits per heavy atom. The van der Waals surface area contributed by atoms with Crippen molar-refractivity contribution in [1.82, 2.24) is 9.97 Å². The minimum atomic E-state index is 0.716. The van der Waals surface area contributed by atoms with E-state index in [1.54, 1.807) is 20.5 Å². The van der Waals surface area contributed by atoms with Gasteiger partial charge in [-0.1, -0.05) is 6.92 Å². The van der Waals surface area contributed by atoms with Gasteiger partial charge in [0.2, 0.25) is 5.82 Å². The van der Waals surface area contributed by atoms with Gasteiger partial charge in [-0.25, -0.2) is 4.98 Å². The summed E-state index contributed by atoms with van der Waals surface area (Å²) in [5.41, 5.74) is 1.49. The zero-order chi connectivity index (χ0) is 16.2. The van der Waals surface area contributed by atoms with Crippen LogP contribution in [0.5, 0.6) is 0 Å². The lowest BCUT2D eigenvalue weighted by molar-refractivity contribution is -0.835. The normalized spacial score (nSPS) is 17.8. The summed E-state index contributed by atoms with van der Waals surface area (Å²) in [5.74, 6) is 1.90. The number of rotatable bonds is 7. The van der Waals surface area contributed by atoms with Gasteiger partial charge in [-0.2, -0.15) is 4.98 Å². The van der Waals surface area contributed by atoms with E-state index >= 15 is 0 Å². The van der Waals surface area contributed by atoms with E-state index in [-0.39, 0.29) is 0 Å². The summed E-state index contributed by atoms with van der Waals surface area (Å²) < 4.78 is 10.6. The molecule has 0 aliphatic heterocycles. The highest BCUT2D eigenvalue weighted by Gasteiger charge is 2.27. The third-order valence-corrected chi connectivity index (χ3v) is 5.80. The minimum absolute atomic E-state index is 0.716. The highest BCUT2D eigenvalue weighted by Crippen LogP contribution is 2.38. The second-order valence-electron chi connectivity index (χ2n) is 6.34. The first kappa shape index (κ1) is 16.8. The summed E-state index contributed by atoms with van der Waals surface area (Å²) in [6.07, 6.45) is 5.31. The number of fused-ring (bicyclic) bond motifs is 3. The molecule has 2 heterocycles. The van der Waals surface area contributed by atoms with Crippen molar-refractivity contribution in [2.75, 3.05) is 40.5 Å². The highest BCUT2D eigenvalue weighted by molar-refractivity contribution is 7.18. The Bertz CT molecular complexity index is 651. The predicted molar refractivity (Wildman–Crippen MR) is 92.7 cm³/mol. The molecule has 1 unspecified atom stereocenters. The van der Waals surface area contributed by atoms with Crippen LogP contribution in [0.2, 0.25) is 0 Å². The largest absolute Gasteiger partial charge is 0.379 e. The molecule has 5 nitrogen and oxygen atoms in total. The first-order chi connectivity index (χ1) is 11.2. The first-order valence-electron chi connectivity index (χ1n) is 8.32. The van der Waals surface area contributed by atoms with Crippen LogP contribution in [0.15, 0.2) is 6.33 Å². The molecule has 0 saturated carbocycles. The maximum absolute atomic E-state index is 5.29. The third-order valence-electron chi connectivity index (χ3n) is 4.64. The van der Waals surface area contributed by atoms with Crippen molar-refractivity contribution in [1.29, 1.82) is 0 Å². The summed E-state index contributed by atoms with van der Waals surface area (Å²) in [5, 5.41) is 1.29. The van der Waals surface area contributed by atoms with Crippen LogP contribution in [0.3, 0.4) is 0 Å². The summed E-state index contributed by atoms with van der Waals surface area (Å²) in [6, 6.07) is 0. The lowest BCUT2D eigenvalue weighted by atomic mass is 9.89. The zero-order valence-electron chi connectivity index (χ0n) is 14.2. The Morgan fingerprint density at radius 3 is 2.65 bits per heavy atom. The van der Waals surface area contributed by atoms with E-state index in [4.69, 9.17) is 9.47 Å². The van der Waals surface area contributed by atoms with Crippen LogP contribution in [0.4, 0.5) is 5.82 Å². The van der Waals surface area contributed by atoms with Crippen LogP contribution in [-0.4, -0.2) is 50.5 Å². The van der Waals surface area contributed by atoms with Gasteiger partial charge in [-0.3, -0.25) is 4.90 Å². The van der Waals surface area contributed by atoms with Gasteiger partial charge in [-0.05, 0) is 30.7 Å². The van der Waals surface area contributed by atoms with Gasteiger partial charge in [0.1, 0.15) is 24.2 Å². The summed E-state index contributed by atoms with van der Waals surface area (Å²) >= 11 is 1.86. The van der Waals surface area contributed by atoms with E-state index in [1.807, 2.05) is 11.3 Å². The molecule has 3 rings (SSSR count). The Balaban J connectivity index is 2.01. The number of quaternary nitrogens is 1. The van der Waals surface area contributed by atoms with Crippen molar-refractivity contribution >= 4 is 27.4 Å². The number of nitrogens with zero attached hydrogens (tertiary/aromatic N) is 2. The van der Waals surface area contributed by atoms with Crippen LogP contribution in [0.25, 0.3) is 10.2 Å². The molecule has 1 aliphatic rings. The first-order valence-corrected chi connectivity index (χ1v) is 9.14. The Labute approximate surface area is 141 Å². The number of aromatic nitrogens is 2. The molecule has 1 N–H and O–H groups in total. The van der Waals surface area contributed by atoms with Crippen LogP contribution >= 0.6 is 11.3 Å². The Kier molecular flexibility index (Phi) is 5.58. The molecule has 0 fully saturated rings. The molecule has 0 bridgehead atoms. The van der Waals surface area contributed by atoms with Crippen molar-refractivity contribution in [2.24, 2.45) is 5.92 Å². The number of aryl methyl sites for hydroxylation is 1. The fourth-order valence-corrected chi connectivity index (χ4v) is 4.71. The maximum atomic E-state index is 5.29. The summed E-state index contributed by atoms with van der Waals surface area (Å²) in [7, 11) is 3.49. The molecule has 2 aromatic heterocycles. The SMILES string of the molecule is COCC[NH+](CCOC)c1ncnc2sc3c(c12)CCC(C)C3. The topological polar surface area (TPSA) is 48.7 Å². The number of ether oxygens (including phenoxy) is 2. The molecule has 0 aromatic carbocycles. The fourth-order valence-electron chi connectivity index (χ4n) is 3.36. The molecule has 1 atom stereocenters. The summed E-state index contributed by atoms with van der Waals surface area (Å²) in [6.45, 7) is 5.57. The van der Waals surface area contributed by atoms with Gasteiger partial charge >= 0.3 is 0 Å². The minimum Gasteiger partial charge on any atom is -0.379 e. The van der Waals surface area contributed by atoms with Crippen molar-refractivity contribution in [3.8, 4) is 0 Å². The number of hydrogen-bond donors (Lipinski definition) is 1. The molecule has 0 spiro atoms. The number of hydrogen-bond acceptors (Lipinski definition) is 5. The van der Waals surface area contributed by atoms with Gasteiger partial charge in [0.15, 0.2) is 0 Å². The quantitative estimate of drug-likeness (QED) is 0.835. The molecule has 1 aliphatic carbocycles. The molecule has 126 valence electrons. The summed E-state index contributed by atoms with van der Waals surface area (Å²) in [4.78, 5) is 13.2. The molecule has 0 radical (unpaired) electrons. The molecular formula is C17H26N3O2S+. The second-order valence-corrected chi connectivity index (χ2v) is 7.43. The number of thiophene rings is 1. The van der Waals surface area contributed by atoms with Gasteiger partial charge in [0.25, 0.3) is 0 Å². The van der Waals surface area contributed by atoms with E-state index in [1.165, 1.54) is 33.6 Å². The Morgan fingerprint density at radius 2 is 1.96 bits per heavy atom. The van der Waals surface area contributed by atoms with Crippen LogP contribution < -0.4 is 4.90 Å². The van der Waals surface area contributed by atoms with E-state index in [2.05, 4.69) is 16.9 Å². The average molecular weight is 336 g/mol. The smallest absolute Gasteiger partial charge is 0.238 e. The van der Waals surface area contributed by atoms with Crippen LogP contribution in [0.1, 0.15) is 23.8 Å². The molecular weight excluding hydrogens is 310 g/mol.